The Morgan fingerprint density at radius 3 is 2.72 bits per heavy atom. The molecule has 0 radical (unpaired) electrons. The number of benzene rings is 1. The zero-order valence-electron chi connectivity index (χ0n) is 11.0. The van der Waals surface area contributed by atoms with Gasteiger partial charge in [-0.05, 0) is 31.2 Å². The molecule has 0 heterocycles. The SMILES string of the molecule is CCCCNCCOc1cccc(S(C)(=O)=O)c1. The van der Waals surface area contributed by atoms with Crippen molar-refractivity contribution in [1.29, 1.82) is 0 Å². The minimum absolute atomic E-state index is 0.291. The lowest BCUT2D eigenvalue weighted by atomic mass is 10.3. The maximum absolute atomic E-state index is 11.4. The smallest absolute Gasteiger partial charge is 0.175 e. The summed E-state index contributed by atoms with van der Waals surface area (Å²) in [5.74, 6) is 0.593. The van der Waals surface area contributed by atoms with E-state index in [9.17, 15) is 8.42 Å². The van der Waals surface area contributed by atoms with Crippen molar-refractivity contribution in [2.75, 3.05) is 26.0 Å². The molecule has 5 heteroatoms. The van der Waals surface area contributed by atoms with E-state index >= 15 is 0 Å². The van der Waals surface area contributed by atoms with Crippen LogP contribution in [0.5, 0.6) is 5.75 Å². The lowest BCUT2D eigenvalue weighted by Gasteiger charge is -2.08. The van der Waals surface area contributed by atoms with Crippen molar-refractivity contribution in [1.82, 2.24) is 5.32 Å². The van der Waals surface area contributed by atoms with Crippen molar-refractivity contribution in [3.05, 3.63) is 24.3 Å². The van der Waals surface area contributed by atoms with Crippen LogP contribution in [0.1, 0.15) is 19.8 Å². The average molecular weight is 271 g/mol. The molecule has 0 unspecified atom stereocenters. The first-order valence-corrected chi connectivity index (χ1v) is 8.07. The van der Waals surface area contributed by atoms with E-state index in [1.54, 1.807) is 24.3 Å². The molecule has 0 saturated carbocycles. The van der Waals surface area contributed by atoms with Gasteiger partial charge in [-0.25, -0.2) is 8.42 Å². The van der Waals surface area contributed by atoms with Crippen LogP contribution < -0.4 is 10.1 Å². The monoisotopic (exact) mass is 271 g/mol. The number of hydrogen-bond donors (Lipinski definition) is 1. The summed E-state index contributed by atoms with van der Waals surface area (Å²) < 4.78 is 28.2. The Balaban J connectivity index is 2.39. The van der Waals surface area contributed by atoms with Crippen molar-refractivity contribution < 1.29 is 13.2 Å². The van der Waals surface area contributed by atoms with Crippen LogP contribution in [-0.2, 0) is 9.84 Å². The van der Waals surface area contributed by atoms with E-state index in [1.165, 1.54) is 12.7 Å². The highest BCUT2D eigenvalue weighted by atomic mass is 32.2. The maximum Gasteiger partial charge on any atom is 0.175 e. The Morgan fingerprint density at radius 2 is 2.06 bits per heavy atom. The third-order valence-corrected chi connectivity index (χ3v) is 3.60. The molecule has 0 fully saturated rings. The van der Waals surface area contributed by atoms with Crippen molar-refractivity contribution in [3.8, 4) is 5.75 Å². The van der Waals surface area contributed by atoms with Crippen LogP contribution in [0.4, 0.5) is 0 Å². The fraction of sp³-hybridized carbons (Fsp3) is 0.538. The molecular formula is C13H21NO3S. The van der Waals surface area contributed by atoms with Gasteiger partial charge in [0.25, 0.3) is 0 Å². The molecule has 0 aliphatic carbocycles. The molecule has 1 aromatic carbocycles. The Labute approximate surface area is 109 Å². The molecule has 0 saturated heterocycles. The fourth-order valence-electron chi connectivity index (χ4n) is 1.46. The van der Waals surface area contributed by atoms with Crippen LogP contribution in [0.2, 0.25) is 0 Å². The van der Waals surface area contributed by atoms with Crippen molar-refractivity contribution in [2.45, 2.75) is 24.7 Å². The second-order valence-electron chi connectivity index (χ2n) is 4.20. The zero-order chi connectivity index (χ0) is 13.4. The molecule has 102 valence electrons. The number of hydrogen-bond acceptors (Lipinski definition) is 4. The number of unbranched alkanes of at least 4 members (excludes halogenated alkanes) is 1. The predicted molar refractivity (Wildman–Crippen MR) is 72.8 cm³/mol. The van der Waals surface area contributed by atoms with Gasteiger partial charge in [0.1, 0.15) is 12.4 Å². The lowest BCUT2D eigenvalue weighted by molar-refractivity contribution is 0.313. The highest BCUT2D eigenvalue weighted by molar-refractivity contribution is 7.90. The molecule has 0 bridgehead atoms. The third kappa shape index (κ3) is 5.51. The average Bonchev–Trinajstić information content (AvgIpc) is 2.33. The summed E-state index contributed by atoms with van der Waals surface area (Å²) in [6.45, 7) is 4.44. The Bertz CT molecular complexity index is 457. The summed E-state index contributed by atoms with van der Waals surface area (Å²) in [5.41, 5.74) is 0. The summed E-state index contributed by atoms with van der Waals surface area (Å²) in [4.78, 5) is 0.291. The molecule has 0 amide bonds. The first-order valence-electron chi connectivity index (χ1n) is 6.17. The van der Waals surface area contributed by atoms with Gasteiger partial charge in [0.15, 0.2) is 9.84 Å². The Kier molecular flexibility index (Phi) is 6.15. The van der Waals surface area contributed by atoms with Crippen molar-refractivity contribution in [3.63, 3.8) is 0 Å². The molecule has 0 aromatic heterocycles. The zero-order valence-corrected chi connectivity index (χ0v) is 11.8. The van der Waals surface area contributed by atoms with Gasteiger partial charge in [0, 0.05) is 12.8 Å². The third-order valence-electron chi connectivity index (χ3n) is 2.49. The van der Waals surface area contributed by atoms with E-state index < -0.39 is 9.84 Å². The van der Waals surface area contributed by atoms with Gasteiger partial charge in [-0.3, -0.25) is 0 Å². The molecule has 1 N–H and O–H groups in total. The highest BCUT2D eigenvalue weighted by Gasteiger charge is 2.07. The van der Waals surface area contributed by atoms with Crippen molar-refractivity contribution >= 4 is 9.84 Å². The minimum Gasteiger partial charge on any atom is -0.492 e. The summed E-state index contributed by atoms with van der Waals surface area (Å²) in [6.07, 6.45) is 3.52. The molecule has 0 spiro atoms. The van der Waals surface area contributed by atoms with Gasteiger partial charge in [0.05, 0.1) is 4.90 Å². The normalized spacial score (nSPS) is 11.4. The highest BCUT2D eigenvalue weighted by Crippen LogP contribution is 2.16. The van der Waals surface area contributed by atoms with Gasteiger partial charge in [-0.15, -0.1) is 0 Å². The largest absolute Gasteiger partial charge is 0.492 e. The van der Waals surface area contributed by atoms with Crippen LogP contribution in [0, 0.1) is 0 Å². The fourth-order valence-corrected chi connectivity index (χ4v) is 2.12. The van der Waals surface area contributed by atoms with E-state index in [4.69, 9.17) is 4.74 Å². The van der Waals surface area contributed by atoms with E-state index in [1.807, 2.05) is 0 Å². The second-order valence-corrected chi connectivity index (χ2v) is 6.21. The van der Waals surface area contributed by atoms with E-state index in [-0.39, 0.29) is 0 Å². The van der Waals surface area contributed by atoms with E-state index in [0.29, 0.717) is 17.3 Å². The summed E-state index contributed by atoms with van der Waals surface area (Å²) >= 11 is 0. The van der Waals surface area contributed by atoms with Gasteiger partial charge >= 0.3 is 0 Å². The topological polar surface area (TPSA) is 55.4 Å². The first-order chi connectivity index (χ1) is 8.54. The molecule has 0 aliphatic heterocycles. The second kappa shape index (κ2) is 7.38. The molecule has 1 rings (SSSR count). The van der Waals surface area contributed by atoms with Gasteiger partial charge < -0.3 is 10.1 Å². The minimum atomic E-state index is -3.16. The Morgan fingerprint density at radius 1 is 1.28 bits per heavy atom. The maximum atomic E-state index is 11.4. The van der Waals surface area contributed by atoms with Gasteiger partial charge in [-0.2, -0.15) is 0 Å². The van der Waals surface area contributed by atoms with Crippen molar-refractivity contribution in [2.24, 2.45) is 0 Å². The quantitative estimate of drug-likeness (QED) is 0.733. The van der Waals surface area contributed by atoms with Crippen LogP contribution >= 0.6 is 0 Å². The van der Waals surface area contributed by atoms with Gasteiger partial charge in [-0.1, -0.05) is 19.4 Å². The number of sulfone groups is 1. The van der Waals surface area contributed by atoms with Crippen LogP contribution in [-0.4, -0.2) is 34.4 Å². The summed E-state index contributed by atoms with van der Waals surface area (Å²) in [6, 6.07) is 6.58. The number of rotatable bonds is 8. The number of nitrogens with one attached hydrogen (secondary N) is 1. The van der Waals surface area contributed by atoms with Gasteiger partial charge in [0.2, 0.25) is 0 Å². The predicted octanol–water partition coefficient (Wildman–Crippen LogP) is 1.86. The summed E-state index contributed by atoms with van der Waals surface area (Å²) in [7, 11) is -3.16. The molecule has 1 aromatic rings. The molecule has 0 atom stereocenters. The molecule has 18 heavy (non-hydrogen) atoms. The lowest BCUT2D eigenvalue weighted by Crippen LogP contribution is -2.21. The first kappa shape index (κ1) is 15.0. The van der Waals surface area contributed by atoms with E-state index in [2.05, 4.69) is 12.2 Å². The van der Waals surface area contributed by atoms with Crippen LogP contribution in [0.3, 0.4) is 0 Å². The molecule has 0 aliphatic rings. The Hall–Kier alpha value is -1.07. The molecule has 4 nitrogen and oxygen atoms in total. The summed E-state index contributed by atoms with van der Waals surface area (Å²) in [5, 5.41) is 3.26. The number of ether oxygens (including phenoxy) is 1. The van der Waals surface area contributed by atoms with E-state index in [0.717, 1.165) is 19.5 Å². The standard InChI is InChI=1S/C13H21NO3S/c1-3-4-8-14-9-10-17-12-6-5-7-13(11-12)18(2,15)16/h5-7,11,14H,3-4,8-10H2,1-2H3. The molecular weight excluding hydrogens is 250 g/mol. The van der Waals surface area contributed by atoms with Crippen LogP contribution in [0.15, 0.2) is 29.2 Å². The van der Waals surface area contributed by atoms with Crippen LogP contribution in [0.25, 0.3) is 0 Å².